The molecular weight excluding hydrogens is 731 g/mol. The lowest BCUT2D eigenvalue weighted by molar-refractivity contribution is 1.07. The second-order valence-corrected chi connectivity index (χ2v) is 16.4. The highest BCUT2D eigenvalue weighted by atomic mass is 32.1. The SMILES string of the molecule is c1ccc(-c2nc(-c3ccccc3)nc(-c3ccc4sc(-c5ccc(-c6cccc7c6sc6c(-c8nc9ccccc9s8)cccc67)cc5)nc4c3)n2)cc1. The van der Waals surface area contributed by atoms with E-state index in [1.807, 2.05) is 72.0 Å². The standard InChI is InChI=1S/C47H27N5S3/c1-3-11-29(12-4-1)43-50-44(30-13-5-2-6-14-30)52-45(51-43)32-25-26-40-38(27-32)49-46(53-40)31-23-21-28(22-24-31)33-15-9-16-34-35-17-10-18-36(42(35)55-41(33)34)47-48-37-19-7-8-20-39(37)54-47/h1-27H. The second kappa shape index (κ2) is 13.1. The van der Waals surface area contributed by atoms with Crippen molar-refractivity contribution in [2.75, 3.05) is 0 Å². The Morgan fingerprint density at radius 3 is 1.53 bits per heavy atom. The summed E-state index contributed by atoms with van der Waals surface area (Å²) < 4.78 is 4.89. The van der Waals surface area contributed by atoms with Gasteiger partial charge in [0.05, 0.1) is 20.4 Å². The van der Waals surface area contributed by atoms with Gasteiger partial charge in [-0.05, 0) is 41.5 Å². The molecule has 7 aromatic carbocycles. The molecule has 4 aromatic heterocycles. The van der Waals surface area contributed by atoms with Crippen LogP contribution in [-0.2, 0) is 0 Å². The highest BCUT2D eigenvalue weighted by Crippen LogP contribution is 2.45. The number of aromatic nitrogens is 5. The molecule has 0 atom stereocenters. The van der Waals surface area contributed by atoms with Crippen LogP contribution in [0.2, 0.25) is 0 Å². The molecule has 0 saturated carbocycles. The van der Waals surface area contributed by atoms with E-state index in [-0.39, 0.29) is 0 Å². The first-order valence-electron chi connectivity index (χ1n) is 17.9. The topological polar surface area (TPSA) is 64.5 Å². The molecule has 11 aromatic rings. The lowest BCUT2D eigenvalue weighted by atomic mass is 10.0. The number of thiophene rings is 1. The zero-order valence-electron chi connectivity index (χ0n) is 29.0. The van der Waals surface area contributed by atoms with Crippen LogP contribution < -0.4 is 0 Å². The summed E-state index contributed by atoms with van der Waals surface area (Å²) in [4.78, 5) is 24.8. The Morgan fingerprint density at radius 1 is 0.309 bits per heavy atom. The maximum absolute atomic E-state index is 5.11. The summed E-state index contributed by atoms with van der Waals surface area (Å²) in [6, 6.07) is 56.9. The van der Waals surface area contributed by atoms with Crippen molar-refractivity contribution in [2.24, 2.45) is 0 Å². The number of hydrogen-bond acceptors (Lipinski definition) is 8. The smallest absolute Gasteiger partial charge is 0.164 e. The van der Waals surface area contributed by atoms with Crippen LogP contribution in [0.3, 0.4) is 0 Å². The molecule has 8 heteroatoms. The van der Waals surface area contributed by atoms with Gasteiger partial charge in [0, 0.05) is 48.0 Å². The van der Waals surface area contributed by atoms with Crippen LogP contribution in [0.15, 0.2) is 164 Å². The van der Waals surface area contributed by atoms with Crippen molar-refractivity contribution in [3.63, 3.8) is 0 Å². The summed E-state index contributed by atoms with van der Waals surface area (Å²) in [5.41, 5.74) is 9.47. The minimum absolute atomic E-state index is 0.621. The number of benzene rings is 7. The molecular formula is C47H27N5S3. The minimum Gasteiger partial charge on any atom is -0.236 e. The lowest BCUT2D eigenvalue weighted by Gasteiger charge is -2.08. The molecule has 4 heterocycles. The number of thiazole rings is 2. The minimum atomic E-state index is 0.621. The number of para-hydroxylation sites is 1. The molecule has 55 heavy (non-hydrogen) atoms. The number of fused-ring (bicyclic) bond motifs is 5. The number of hydrogen-bond donors (Lipinski definition) is 0. The molecule has 0 N–H and O–H groups in total. The van der Waals surface area contributed by atoms with Crippen LogP contribution in [0.4, 0.5) is 0 Å². The van der Waals surface area contributed by atoms with Gasteiger partial charge in [0.2, 0.25) is 0 Å². The van der Waals surface area contributed by atoms with Crippen LogP contribution in [0.5, 0.6) is 0 Å². The maximum Gasteiger partial charge on any atom is 0.164 e. The van der Waals surface area contributed by atoms with Gasteiger partial charge in [-0.1, -0.05) is 133 Å². The summed E-state index contributed by atoms with van der Waals surface area (Å²) in [6.07, 6.45) is 0. The first kappa shape index (κ1) is 32.0. The van der Waals surface area contributed by atoms with Gasteiger partial charge in [-0.3, -0.25) is 0 Å². The van der Waals surface area contributed by atoms with E-state index in [1.54, 1.807) is 22.7 Å². The van der Waals surface area contributed by atoms with Gasteiger partial charge in [0.1, 0.15) is 10.0 Å². The molecule has 0 aliphatic rings. The van der Waals surface area contributed by atoms with E-state index in [9.17, 15) is 0 Å². The molecule has 11 rings (SSSR count). The molecule has 0 bridgehead atoms. The van der Waals surface area contributed by atoms with Crippen LogP contribution in [-0.4, -0.2) is 24.9 Å². The normalized spacial score (nSPS) is 11.6. The summed E-state index contributed by atoms with van der Waals surface area (Å²) in [6.45, 7) is 0. The van der Waals surface area contributed by atoms with E-state index >= 15 is 0 Å². The van der Waals surface area contributed by atoms with Crippen LogP contribution in [0.1, 0.15) is 0 Å². The molecule has 0 aliphatic carbocycles. The monoisotopic (exact) mass is 757 g/mol. The third-order valence-corrected chi connectivity index (χ3v) is 13.3. The molecule has 0 amide bonds. The molecule has 0 spiro atoms. The number of nitrogens with zero attached hydrogens (tertiary/aromatic N) is 5. The molecule has 0 aliphatic heterocycles. The van der Waals surface area contributed by atoms with E-state index < -0.39 is 0 Å². The zero-order chi connectivity index (χ0) is 36.3. The van der Waals surface area contributed by atoms with Crippen molar-refractivity contribution < 1.29 is 0 Å². The first-order valence-corrected chi connectivity index (χ1v) is 20.4. The Bertz CT molecular complexity index is 3110. The van der Waals surface area contributed by atoms with Crippen LogP contribution >= 0.6 is 34.0 Å². The average molecular weight is 758 g/mol. The van der Waals surface area contributed by atoms with Gasteiger partial charge in [-0.15, -0.1) is 34.0 Å². The summed E-state index contributed by atoms with van der Waals surface area (Å²) in [7, 11) is 0. The summed E-state index contributed by atoms with van der Waals surface area (Å²) in [5, 5.41) is 4.59. The Hall–Kier alpha value is -6.45. The fraction of sp³-hybridized carbons (Fsp3) is 0. The quantitative estimate of drug-likeness (QED) is 0.169. The molecule has 0 radical (unpaired) electrons. The van der Waals surface area contributed by atoms with Gasteiger partial charge in [0.25, 0.3) is 0 Å². The van der Waals surface area contributed by atoms with E-state index in [2.05, 4.69) is 103 Å². The molecule has 0 unspecified atom stereocenters. The highest BCUT2D eigenvalue weighted by Gasteiger charge is 2.17. The van der Waals surface area contributed by atoms with E-state index in [1.165, 1.54) is 41.6 Å². The van der Waals surface area contributed by atoms with Crippen molar-refractivity contribution >= 4 is 74.6 Å². The third-order valence-electron chi connectivity index (χ3n) is 9.84. The fourth-order valence-corrected chi connectivity index (χ4v) is 10.5. The van der Waals surface area contributed by atoms with Crippen molar-refractivity contribution in [2.45, 2.75) is 0 Å². The lowest BCUT2D eigenvalue weighted by Crippen LogP contribution is -2.00. The zero-order valence-corrected chi connectivity index (χ0v) is 31.5. The highest BCUT2D eigenvalue weighted by molar-refractivity contribution is 7.27. The van der Waals surface area contributed by atoms with Crippen LogP contribution in [0, 0.1) is 0 Å². The van der Waals surface area contributed by atoms with Crippen LogP contribution in [0.25, 0.3) is 107 Å². The van der Waals surface area contributed by atoms with E-state index in [4.69, 9.17) is 24.9 Å². The Kier molecular flexibility index (Phi) is 7.65. The predicted octanol–water partition coefficient (Wildman–Crippen LogP) is 13.5. The van der Waals surface area contributed by atoms with Gasteiger partial charge in [-0.2, -0.15) is 0 Å². The van der Waals surface area contributed by atoms with Crippen molar-refractivity contribution in [3.8, 4) is 66.4 Å². The van der Waals surface area contributed by atoms with E-state index in [0.29, 0.717) is 17.5 Å². The van der Waals surface area contributed by atoms with Crippen molar-refractivity contribution in [3.05, 3.63) is 164 Å². The summed E-state index contributed by atoms with van der Waals surface area (Å²) >= 11 is 5.31. The fourth-order valence-electron chi connectivity index (χ4n) is 7.12. The second-order valence-electron chi connectivity index (χ2n) is 13.3. The Balaban J connectivity index is 0.938. The first-order chi connectivity index (χ1) is 27.2. The Morgan fingerprint density at radius 2 is 0.836 bits per heavy atom. The molecule has 5 nitrogen and oxygen atoms in total. The van der Waals surface area contributed by atoms with Gasteiger partial charge in [0.15, 0.2) is 17.5 Å². The molecule has 0 saturated heterocycles. The largest absolute Gasteiger partial charge is 0.236 e. The third kappa shape index (κ3) is 5.70. The molecule has 0 fully saturated rings. The van der Waals surface area contributed by atoms with Crippen molar-refractivity contribution in [1.82, 2.24) is 24.9 Å². The van der Waals surface area contributed by atoms with Crippen molar-refractivity contribution in [1.29, 1.82) is 0 Å². The Labute approximate surface area is 328 Å². The molecule has 258 valence electrons. The van der Waals surface area contributed by atoms with Gasteiger partial charge < -0.3 is 0 Å². The summed E-state index contributed by atoms with van der Waals surface area (Å²) in [5.74, 6) is 1.91. The van der Waals surface area contributed by atoms with E-state index in [0.717, 1.165) is 48.0 Å². The van der Waals surface area contributed by atoms with Gasteiger partial charge in [-0.25, -0.2) is 24.9 Å². The maximum atomic E-state index is 5.11. The number of rotatable bonds is 6. The average Bonchev–Trinajstić information content (AvgIpc) is 3.99. The predicted molar refractivity (Wildman–Crippen MR) is 232 cm³/mol. The van der Waals surface area contributed by atoms with Gasteiger partial charge >= 0.3 is 0 Å².